The first-order chi connectivity index (χ1) is 18.5. The number of carbonyl (C=O) groups is 2. The molecule has 1 saturated carbocycles. The van der Waals surface area contributed by atoms with E-state index in [0.717, 1.165) is 56.2 Å². The van der Waals surface area contributed by atoms with Gasteiger partial charge < -0.3 is 20.5 Å². The molecule has 3 rings (SSSR count). The molecule has 0 spiro atoms. The minimum absolute atomic E-state index is 0.00159. The number of hydrogen-bond acceptors (Lipinski definition) is 6. The number of unbranched alkanes of at least 4 members (excludes halogenated alkanes) is 1. The summed E-state index contributed by atoms with van der Waals surface area (Å²) in [5.74, 6) is -1.04. The Kier molecular flexibility index (Phi) is 10.5. The quantitative estimate of drug-likeness (QED) is 0.224. The zero-order valence-corrected chi connectivity index (χ0v) is 22.9. The molecule has 0 saturated heterocycles. The van der Waals surface area contributed by atoms with Crippen molar-refractivity contribution in [2.24, 2.45) is 10.4 Å². The van der Waals surface area contributed by atoms with Crippen LogP contribution in [0, 0.1) is 5.41 Å². The monoisotopic (exact) mass is 552 g/mol. The minimum Gasteiger partial charge on any atom is -0.480 e. The first-order valence-corrected chi connectivity index (χ1v) is 13.6. The van der Waals surface area contributed by atoms with Crippen LogP contribution < -0.4 is 10.6 Å². The van der Waals surface area contributed by atoms with Crippen LogP contribution in [0.1, 0.15) is 70.6 Å². The molecule has 1 unspecified atom stereocenters. The average molecular weight is 553 g/mol. The predicted octanol–water partition coefficient (Wildman–Crippen LogP) is 4.88. The first-order valence-electron chi connectivity index (χ1n) is 13.6. The molecule has 1 aliphatic heterocycles. The number of fused-ring (bicyclic) bond motifs is 1. The smallest absolute Gasteiger partial charge is 0.417 e. The van der Waals surface area contributed by atoms with Gasteiger partial charge >= 0.3 is 12.1 Å². The van der Waals surface area contributed by atoms with Crippen LogP contribution in [0.5, 0.6) is 0 Å². The van der Waals surface area contributed by atoms with Crippen LogP contribution in [0.15, 0.2) is 28.8 Å². The van der Waals surface area contributed by atoms with Gasteiger partial charge in [0.2, 0.25) is 5.91 Å². The number of amides is 1. The van der Waals surface area contributed by atoms with Gasteiger partial charge in [-0.15, -0.1) is 0 Å². The van der Waals surface area contributed by atoms with Crippen LogP contribution in [-0.2, 0) is 27.2 Å². The van der Waals surface area contributed by atoms with Gasteiger partial charge in [0.25, 0.3) is 0 Å². The molecule has 2 heterocycles. The van der Waals surface area contributed by atoms with Gasteiger partial charge in [0.1, 0.15) is 11.9 Å². The SMILES string of the molecule is C/C=C(\C(=NC(C)C)C1(C(=O)NC(CCOCCCCc2ccc3c(n2)NCCC3)C(=O)O)CC1)C(F)(F)F. The van der Waals surface area contributed by atoms with E-state index in [2.05, 4.69) is 26.7 Å². The predicted molar refractivity (Wildman–Crippen MR) is 143 cm³/mol. The molecular formula is C28H39F3N4O4. The minimum atomic E-state index is -4.68. The molecule has 2 aliphatic rings. The number of rotatable bonds is 14. The molecule has 1 atom stereocenters. The van der Waals surface area contributed by atoms with E-state index in [-0.39, 0.29) is 31.6 Å². The Hall–Kier alpha value is -2.95. The summed E-state index contributed by atoms with van der Waals surface area (Å²) in [6.07, 6.45) is 1.17. The van der Waals surface area contributed by atoms with Gasteiger partial charge in [-0.3, -0.25) is 9.79 Å². The van der Waals surface area contributed by atoms with Crippen molar-refractivity contribution in [1.82, 2.24) is 10.3 Å². The molecule has 8 nitrogen and oxygen atoms in total. The van der Waals surface area contributed by atoms with Crippen LogP contribution in [-0.4, -0.2) is 65.7 Å². The van der Waals surface area contributed by atoms with E-state index in [1.165, 1.54) is 12.5 Å². The number of nitrogens with one attached hydrogen (secondary N) is 2. The second-order valence-electron chi connectivity index (χ2n) is 10.4. The molecule has 39 heavy (non-hydrogen) atoms. The highest BCUT2D eigenvalue weighted by Crippen LogP contribution is 2.51. The number of anilines is 1. The summed E-state index contributed by atoms with van der Waals surface area (Å²) >= 11 is 0. The molecule has 1 aliphatic carbocycles. The number of halogens is 3. The normalized spacial score (nSPS) is 17.8. The van der Waals surface area contributed by atoms with Crippen molar-refractivity contribution in [2.75, 3.05) is 25.1 Å². The Morgan fingerprint density at radius 3 is 2.62 bits per heavy atom. The Labute approximate surface area is 227 Å². The molecule has 1 aromatic rings. The fourth-order valence-electron chi connectivity index (χ4n) is 4.72. The van der Waals surface area contributed by atoms with Crippen LogP contribution in [0.2, 0.25) is 0 Å². The van der Waals surface area contributed by atoms with Gasteiger partial charge in [-0.25, -0.2) is 9.78 Å². The number of allylic oxidation sites excluding steroid dienone is 2. The number of aliphatic imine (C=N–C) groups is 1. The third kappa shape index (κ3) is 8.27. The number of ether oxygens (including phenoxy) is 1. The number of aromatic nitrogens is 1. The summed E-state index contributed by atoms with van der Waals surface area (Å²) in [5, 5.41) is 15.4. The third-order valence-electron chi connectivity index (χ3n) is 6.95. The largest absolute Gasteiger partial charge is 0.480 e. The van der Waals surface area contributed by atoms with Crippen LogP contribution >= 0.6 is 0 Å². The van der Waals surface area contributed by atoms with E-state index < -0.39 is 41.1 Å². The lowest BCUT2D eigenvalue weighted by molar-refractivity contribution is -0.143. The van der Waals surface area contributed by atoms with Gasteiger partial charge in [0.05, 0.1) is 16.7 Å². The molecule has 0 aromatic carbocycles. The maximum atomic E-state index is 13.7. The Morgan fingerprint density at radius 2 is 2.00 bits per heavy atom. The van der Waals surface area contributed by atoms with Gasteiger partial charge in [-0.1, -0.05) is 12.1 Å². The average Bonchev–Trinajstić information content (AvgIpc) is 3.68. The van der Waals surface area contributed by atoms with Gasteiger partial charge in [0.15, 0.2) is 0 Å². The number of pyridine rings is 1. The lowest BCUT2D eigenvalue weighted by Crippen LogP contribution is -2.48. The first kappa shape index (κ1) is 30.6. The number of carboxylic acid groups (broad SMARTS) is 1. The van der Waals surface area contributed by atoms with Gasteiger partial charge in [0, 0.05) is 37.9 Å². The topological polar surface area (TPSA) is 113 Å². The van der Waals surface area contributed by atoms with E-state index in [4.69, 9.17) is 4.74 Å². The Morgan fingerprint density at radius 1 is 1.26 bits per heavy atom. The van der Waals surface area contributed by atoms with Crippen molar-refractivity contribution in [3.63, 3.8) is 0 Å². The van der Waals surface area contributed by atoms with E-state index in [1.54, 1.807) is 13.8 Å². The molecule has 216 valence electrons. The highest BCUT2D eigenvalue weighted by atomic mass is 19.4. The Balaban J connectivity index is 1.47. The van der Waals surface area contributed by atoms with Crippen LogP contribution in [0.3, 0.4) is 0 Å². The van der Waals surface area contributed by atoms with E-state index in [9.17, 15) is 27.9 Å². The van der Waals surface area contributed by atoms with Crippen molar-refractivity contribution in [3.8, 4) is 0 Å². The number of alkyl halides is 3. The maximum Gasteiger partial charge on any atom is 0.417 e. The summed E-state index contributed by atoms with van der Waals surface area (Å²) in [6.45, 7) is 5.98. The molecule has 0 bridgehead atoms. The number of nitrogens with zero attached hydrogens (tertiary/aromatic N) is 2. The van der Waals surface area contributed by atoms with E-state index in [0.29, 0.717) is 6.61 Å². The molecule has 1 amide bonds. The van der Waals surface area contributed by atoms with Crippen molar-refractivity contribution >= 4 is 23.4 Å². The number of aliphatic carboxylic acids is 1. The zero-order valence-electron chi connectivity index (χ0n) is 22.9. The molecular weight excluding hydrogens is 513 g/mol. The summed E-state index contributed by atoms with van der Waals surface area (Å²) in [6, 6.07) is 2.42. The number of carboxylic acids is 1. The molecule has 11 heteroatoms. The maximum absolute atomic E-state index is 13.7. The zero-order chi connectivity index (χ0) is 28.6. The second-order valence-corrected chi connectivity index (χ2v) is 10.4. The summed E-state index contributed by atoms with van der Waals surface area (Å²) in [7, 11) is 0. The Bertz CT molecular complexity index is 1080. The van der Waals surface area contributed by atoms with E-state index >= 15 is 0 Å². The highest BCUT2D eigenvalue weighted by molar-refractivity contribution is 6.19. The summed E-state index contributed by atoms with van der Waals surface area (Å²) in [4.78, 5) is 33.7. The van der Waals surface area contributed by atoms with Crippen LogP contribution in [0.4, 0.5) is 19.0 Å². The number of aryl methyl sites for hydroxylation is 2. The second kappa shape index (κ2) is 13.4. The molecule has 3 N–H and O–H groups in total. The molecule has 1 aromatic heterocycles. The van der Waals surface area contributed by atoms with Crippen molar-refractivity contribution in [1.29, 1.82) is 0 Å². The van der Waals surface area contributed by atoms with Crippen LogP contribution in [0.25, 0.3) is 0 Å². The lowest BCUT2D eigenvalue weighted by atomic mass is 9.91. The molecule has 0 radical (unpaired) electrons. The van der Waals surface area contributed by atoms with Crippen molar-refractivity contribution < 1.29 is 32.6 Å². The summed E-state index contributed by atoms with van der Waals surface area (Å²) in [5.41, 5.74) is -0.503. The van der Waals surface area contributed by atoms with Gasteiger partial charge in [-0.05, 0) is 77.3 Å². The number of carbonyl (C=O) groups excluding carboxylic acids is 1. The lowest BCUT2D eigenvalue weighted by Gasteiger charge is -2.24. The number of hydrogen-bond donors (Lipinski definition) is 3. The van der Waals surface area contributed by atoms with Crippen molar-refractivity contribution in [2.45, 2.75) is 90.4 Å². The standard InChI is InChI=1S/C28H39F3N4O4/c1-4-21(28(29,30)31)23(33-18(2)3)27(13-14-27)26(38)35-22(25(36)37)12-17-39-16-6-5-9-20-11-10-19-8-7-15-32-24(19)34-20/h4,10-11,18,22H,5-9,12-17H2,1-3H3,(H,32,34)(H,35,38)(H,36,37)/b21-4+,33-23?. The fourth-order valence-corrected chi connectivity index (χ4v) is 4.72. The third-order valence-corrected chi connectivity index (χ3v) is 6.95. The van der Waals surface area contributed by atoms with Crippen molar-refractivity contribution in [3.05, 3.63) is 35.0 Å². The fraction of sp³-hybridized carbons (Fsp3) is 0.643. The van der Waals surface area contributed by atoms with Gasteiger partial charge in [-0.2, -0.15) is 13.2 Å². The van der Waals surface area contributed by atoms with E-state index in [1.807, 2.05) is 6.07 Å². The highest BCUT2D eigenvalue weighted by Gasteiger charge is 2.58. The summed E-state index contributed by atoms with van der Waals surface area (Å²) < 4.78 is 46.7. The molecule has 1 fully saturated rings.